The Hall–Kier alpha value is -0.680. The standard InChI is InChI=1S/C8H8Cl2F2N2O/c1-4(2)14-6(5(9)3-13-14)7(15)8(10,11)12/h3-4H,1-2H3. The fourth-order valence-corrected chi connectivity index (χ4v) is 1.39. The Morgan fingerprint density at radius 2 is 2.13 bits per heavy atom. The summed E-state index contributed by atoms with van der Waals surface area (Å²) in [6.07, 6.45) is 1.14. The van der Waals surface area contributed by atoms with Crippen molar-refractivity contribution in [2.75, 3.05) is 0 Å². The van der Waals surface area contributed by atoms with Crippen molar-refractivity contribution in [3.05, 3.63) is 16.9 Å². The van der Waals surface area contributed by atoms with E-state index in [2.05, 4.69) is 16.7 Å². The van der Waals surface area contributed by atoms with Gasteiger partial charge in [0.2, 0.25) is 0 Å². The van der Waals surface area contributed by atoms with Gasteiger partial charge in [0, 0.05) is 6.04 Å². The Kier molecular flexibility index (Phi) is 3.35. The molecule has 84 valence electrons. The van der Waals surface area contributed by atoms with Gasteiger partial charge in [0.25, 0.3) is 5.78 Å². The number of carbonyl (C=O) groups excluding carboxylic acids is 1. The zero-order chi connectivity index (χ0) is 11.8. The monoisotopic (exact) mass is 256 g/mol. The number of carbonyl (C=O) groups is 1. The molecule has 0 amide bonds. The lowest BCUT2D eigenvalue weighted by Gasteiger charge is -2.12. The zero-order valence-electron chi connectivity index (χ0n) is 7.97. The van der Waals surface area contributed by atoms with E-state index in [4.69, 9.17) is 11.6 Å². The molecule has 1 heterocycles. The minimum atomic E-state index is -3.96. The predicted octanol–water partition coefficient (Wildman–Crippen LogP) is 3.13. The van der Waals surface area contributed by atoms with Gasteiger partial charge in [0.1, 0.15) is 5.69 Å². The lowest BCUT2D eigenvalue weighted by Crippen LogP contribution is -2.25. The van der Waals surface area contributed by atoms with Gasteiger partial charge in [-0.2, -0.15) is 13.9 Å². The largest absolute Gasteiger partial charge is 0.386 e. The van der Waals surface area contributed by atoms with Crippen LogP contribution in [0.15, 0.2) is 6.20 Å². The van der Waals surface area contributed by atoms with Crippen LogP contribution in [0.4, 0.5) is 8.78 Å². The smallest absolute Gasteiger partial charge is 0.284 e. The molecule has 1 aromatic heterocycles. The van der Waals surface area contributed by atoms with Crippen LogP contribution in [-0.4, -0.2) is 20.9 Å². The highest BCUT2D eigenvalue weighted by atomic mass is 35.5. The van der Waals surface area contributed by atoms with Crippen LogP contribution in [-0.2, 0) is 0 Å². The number of ketones is 1. The van der Waals surface area contributed by atoms with Crippen molar-refractivity contribution in [1.29, 1.82) is 0 Å². The molecular formula is C8H8Cl2F2N2O. The number of rotatable bonds is 3. The van der Waals surface area contributed by atoms with Crippen molar-refractivity contribution in [2.45, 2.75) is 25.3 Å². The van der Waals surface area contributed by atoms with Gasteiger partial charge in [-0.15, -0.1) is 0 Å². The lowest BCUT2D eigenvalue weighted by molar-refractivity contribution is 0.0522. The summed E-state index contributed by atoms with van der Waals surface area (Å²) in [7, 11) is 0. The molecule has 0 N–H and O–H groups in total. The molecule has 3 nitrogen and oxygen atoms in total. The van der Waals surface area contributed by atoms with E-state index >= 15 is 0 Å². The maximum absolute atomic E-state index is 12.6. The maximum Gasteiger partial charge on any atom is 0.386 e. The molecule has 0 aliphatic rings. The van der Waals surface area contributed by atoms with Gasteiger partial charge in [0.15, 0.2) is 0 Å². The van der Waals surface area contributed by atoms with Gasteiger partial charge in [-0.05, 0) is 25.4 Å². The molecule has 0 fully saturated rings. The number of hydrogen-bond acceptors (Lipinski definition) is 2. The Bertz CT molecular complexity index is 384. The molecule has 0 spiro atoms. The Labute approximate surface area is 95.0 Å². The third kappa shape index (κ3) is 2.46. The second-order valence-corrected chi connectivity index (χ2v) is 4.09. The summed E-state index contributed by atoms with van der Waals surface area (Å²) in [6, 6.07) is -0.254. The molecule has 0 radical (unpaired) electrons. The van der Waals surface area contributed by atoms with Crippen molar-refractivity contribution in [1.82, 2.24) is 9.78 Å². The Morgan fingerprint density at radius 3 is 2.53 bits per heavy atom. The van der Waals surface area contributed by atoms with Crippen molar-refractivity contribution >= 4 is 29.0 Å². The van der Waals surface area contributed by atoms with E-state index in [0.717, 1.165) is 10.9 Å². The third-order valence-electron chi connectivity index (χ3n) is 1.71. The van der Waals surface area contributed by atoms with Crippen molar-refractivity contribution in [3.8, 4) is 0 Å². The molecule has 0 atom stereocenters. The maximum atomic E-state index is 12.6. The van der Waals surface area contributed by atoms with Crippen molar-refractivity contribution in [2.24, 2.45) is 0 Å². The number of aromatic nitrogens is 2. The first-order valence-electron chi connectivity index (χ1n) is 4.09. The lowest BCUT2D eigenvalue weighted by atomic mass is 10.2. The average Bonchev–Trinajstić information content (AvgIpc) is 2.44. The average molecular weight is 257 g/mol. The topological polar surface area (TPSA) is 34.9 Å². The number of nitrogens with zero attached hydrogens (tertiary/aromatic N) is 2. The fraction of sp³-hybridized carbons (Fsp3) is 0.500. The Balaban J connectivity index is 3.24. The first-order chi connectivity index (χ1) is 6.75. The van der Waals surface area contributed by atoms with Crippen LogP contribution in [0.1, 0.15) is 30.4 Å². The van der Waals surface area contributed by atoms with Crippen molar-refractivity contribution in [3.63, 3.8) is 0 Å². The molecule has 0 aromatic carbocycles. The molecule has 0 bridgehead atoms. The summed E-state index contributed by atoms with van der Waals surface area (Å²) in [5, 5.41) is -0.371. The molecule has 0 aliphatic carbocycles. The van der Waals surface area contributed by atoms with Crippen LogP contribution >= 0.6 is 23.2 Å². The molecule has 15 heavy (non-hydrogen) atoms. The minimum absolute atomic E-state index is 0.131. The van der Waals surface area contributed by atoms with E-state index in [0.29, 0.717) is 0 Å². The van der Waals surface area contributed by atoms with E-state index in [9.17, 15) is 13.6 Å². The summed E-state index contributed by atoms with van der Waals surface area (Å²) >= 11 is 10.2. The van der Waals surface area contributed by atoms with E-state index in [-0.39, 0.29) is 16.8 Å². The molecule has 7 heteroatoms. The van der Waals surface area contributed by atoms with E-state index in [1.54, 1.807) is 13.8 Å². The van der Waals surface area contributed by atoms with Gasteiger partial charge in [-0.3, -0.25) is 9.48 Å². The van der Waals surface area contributed by atoms with Gasteiger partial charge >= 0.3 is 5.38 Å². The van der Waals surface area contributed by atoms with Crippen LogP contribution in [0.3, 0.4) is 0 Å². The number of alkyl halides is 3. The highest BCUT2D eigenvalue weighted by molar-refractivity contribution is 6.39. The second kappa shape index (κ2) is 4.06. The van der Waals surface area contributed by atoms with Crippen LogP contribution in [0.25, 0.3) is 0 Å². The van der Waals surface area contributed by atoms with E-state index in [1.807, 2.05) is 0 Å². The van der Waals surface area contributed by atoms with Gasteiger partial charge < -0.3 is 0 Å². The van der Waals surface area contributed by atoms with Crippen LogP contribution in [0.5, 0.6) is 0 Å². The first kappa shape index (κ1) is 12.4. The number of Topliss-reactive ketones (excluding diaryl/α,β-unsaturated/α-hetero) is 1. The third-order valence-corrected chi connectivity index (χ3v) is 2.16. The minimum Gasteiger partial charge on any atom is -0.284 e. The summed E-state index contributed by atoms with van der Waals surface area (Å²) in [5.41, 5.74) is -0.369. The van der Waals surface area contributed by atoms with Crippen LogP contribution < -0.4 is 0 Å². The van der Waals surface area contributed by atoms with Crippen molar-refractivity contribution < 1.29 is 13.6 Å². The first-order valence-corrected chi connectivity index (χ1v) is 4.85. The van der Waals surface area contributed by atoms with Gasteiger partial charge in [-0.25, -0.2) is 0 Å². The van der Waals surface area contributed by atoms with E-state index in [1.165, 1.54) is 0 Å². The SMILES string of the molecule is CC(C)n1ncc(Cl)c1C(=O)C(F)(F)Cl. The summed E-state index contributed by atoms with van der Waals surface area (Å²) in [6.45, 7) is 3.37. The highest BCUT2D eigenvalue weighted by Gasteiger charge is 2.40. The normalized spacial score (nSPS) is 12.2. The van der Waals surface area contributed by atoms with Crippen LogP contribution in [0, 0.1) is 0 Å². The molecular weight excluding hydrogens is 249 g/mol. The summed E-state index contributed by atoms with van der Waals surface area (Å²) in [5.74, 6) is -1.54. The second-order valence-electron chi connectivity index (χ2n) is 3.21. The Morgan fingerprint density at radius 1 is 1.60 bits per heavy atom. The predicted molar refractivity (Wildman–Crippen MR) is 52.8 cm³/mol. The number of hydrogen-bond donors (Lipinski definition) is 0. The fourth-order valence-electron chi connectivity index (χ4n) is 1.08. The molecule has 1 aromatic rings. The van der Waals surface area contributed by atoms with Gasteiger partial charge in [0.05, 0.1) is 11.2 Å². The summed E-state index contributed by atoms with van der Waals surface area (Å²) in [4.78, 5) is 11.2. The molecule has 0 saturated heterocycles. The quantitative estimate of drug-likeness (QED) is 0.615. The van der Waals surface area contributed by atoms with E-state index < -0.39 is 11.2 Å². The molecule has 1 rings (SSSR count). The summed E-state index contributed by atoms with van der Waals surface area (Å²) < 4.78 is 26.3. The molecule has 0 saturated carbocycles. The van der Waals surface area contributed by atoms with Crippen LogP contribution in [0.2, 0.25) is 5.02 Å². The van der Waals surface area contributed by atoms with Gasteiger partial charge in [-0.1, -0.05) is 11.6 Å². The molecule has 0 unspecified atom stereocenters. The zero-order valence-corrected chi connectivity index (χ0v) is 9.48. The highest BCUT2D eigenvalue weighted by Crippen LogP contribution is 2.29. The molecule has 0 aliphatic heterocycles. The number of halogens is 4.